The third-order valence-electron chi connectivity index (χ3n) is 5.80. The predicted molar refractivity (Wildman–Crippen MR) is 126 cm³/mol. The van der Waals surface area contributed by atoms with Crippen molar-refractivity contribution >= 4 is 33.7 Å². The minimum atomic E-state index is -0.579. The van der Waals surface area contributed by atoms with Crippen LogP contribution in [0.3, 0.4) is 0 Å². The molecule has 8 heteroatoms. The summed E-state index contributed by atoms with van der Waals surface area (Å²) in [6.45, 7) is 1.46. The summed E-state index contributed by atoms with van der Waals surface area (Å²) in [4.78, 5) is 37.9. The molecule has 1 N–H and O–H groups in total. The second-order valence-electron chi connectivity index (χ2n) is 8.01. The average molecular weight is 458 g/mol. The number of ether oxygens (including phenoxy) is 3. The van der Waals surface area contributed by atoms with E-state index in [0.29, 0.717) is 33.3 Å². The second-order valence-corrected chi connectivity index (χ2v) is 8.01. The second kappa shape index (κ2) is 8.90. The van der Waals surface area contributed by atoms with Gasteiger partial charge in [0, 0.05) is 10.8 Å². The summed E-state index contributed by atoms with van der Waals surface area (Å²) in [5, 5.41) is 3.85. The quantitative estimate of drug-likeness (QED) is 0.352. The van der Waals surface area contributed by atoms with Crippen molar-refractivity contribution in [2.24, 2.45) is 0 Å². The zero-order valence-corrected chi connectivity index (χ0v) is 18.4. The summed E-state index contributed by atoms with van der Waals surface area (Å²) in [6.07, 6.45) is 0. The number of hydrogen-bond acceptors (Lipinski definition) is 6. The highest BCUT2D eigenvalue weighted by molar-refractivity contribution is 5.94. The van der Waals surface area contributed by atoms with Crippen LogP contribution in [0.2, 0.25) is 0 Å². The number of rotatable bonds is 6. The number of benzene rings is 3. The zero-order chi connectivity index (χ0) is 23.7. The lowest BCUT2D eigenvalue weighted by molar-refractivity contribution is -0.149. The van der Waals surface area contributed by atoms with E-state index in [2.05, 4.69) is 5.32 Å². The Morgan fingerprint density at radius 1 is 0.971 bits per heavy atom. The molecule has 0 radical (unpaired) electrons. The Hall–Kier alpha value is -4.33. The van der Waals surface area contributed by atoms with Gasteiger partial charge in [0.25, 0.3) is 5.91 Å². The van der Waals surface area contributed by atoms with E-state index in [1.807, 2.05) is 31.2 Å². The van der Waals surface area contributed by atoms with Crippen molar-refractivity contribution in [3.63, 3.8) is 0 Å². The molecule has 0 saturated carbocycles. The van der Waals surface area contributed by atoms with Crippen LogP contribution in [-0.4, -0.2) is 29.8 Å². The van der Waals surface area contributed by atoms with E-state index in [-0.39, 0.29) is 24.8 Å². The molecule has 1 atom stereocenters. The maximum atomic E-state index is 12.8. The minimum Gasteiger partial charge on any atom is -0.454 e. The first kappa shape index (κ1) is 21.5. The number of para-hydroxylation sites is 2. The summed E-state index contributed by atoms with van der Waals surface area (Å²) in [6, 6.07) is 19.4. The fraction of sp³-hybridized carbons (Fsp3) is 0.192. The lowest BCUT2D eigenvalue weighted by Gasteiger charge is -2.16. The molecule has 0 spiro atoms. The molecule has 34 heavy (non-hydrogen) atoms. The Morgan fingerprint density at radius 2 is 1.62 bits per heavy atom. The van der Waals surface area contributed by atoms with E-state index in [0.717, 1.165) is 5.56 Å². The summed E-state index contributed by atoms with van der Waals surface area (Å²) in [5.74, 6) is 0.294. The van der Waals surface area contributed by atoms with Crippen LogP contribution < -0.4 is 20.2 Å². The molecule has 1 aromatic heterocycles. The Kier molecular flexibility index (Phi) is 5.63. The van der Waals surface area contributed by atoms with E-state index >= 15 is 0 Å². The number of carbonyl (C=O) groups is 2. The molecule has 0 aliphatic carbocycles. The van der Waals surface area contributed by atoms with Gasteiger partial charge in [-0.2, -0.15) is 0 Å². The normalized spacial score (nSPS) is 13.1. The number of nitrogens with one attached hydrogen (secondary N) is 1. The van der Waals surface area contributed by atoms with Crippen molar-refractivity contribution in [3.8, 4) is 11.5 Å². The number of carbonyl (C=O) groups excluding carboxylic acids is 2. The third kappa shape index (κ3) is 4.05. The fourth-order valence-corrected chi connectivity index (χ4v) is 4.12. The van der Waals surface area contributed by atoms with Gasteiger partial charge in [-0.1, -0.05) is 30.3 Å². The maximum absolute atomic E-state index is 12.8. The van der Waals surface area contributed by atoms with Crippen molar-refractivity contribution in [2.45, 2.75) is 19.5 Å². The Bertz CT molecular complexity index is 1420. The molecule has 0 bridgehead atoms. The van der Waals surface area contributed by atoms with Crippen molar-refractivity contribution in [1.29, 1.82) is 0 Å². The van der Waals surface area contributed by atoms with Crippen LogP contribution in [0.15, 0.2) is 71.5 Å². The van der Waals surface area contributed by atoms with Crippen LogP contribution in [0.1, 0.15) is 18.5 Å². The van der Waals surface area contributed by atoms with Crippen LogP contribution in [0.5, 0.6) is 11.5 Å². The molecule has 4 aromatic rings. The van der Waals surface area contributed by atoms with Gasteiger partial charge in [-0.15, -0.1) is 0 Å². The number of hydrogen-bond donors (Lipinski definition) is 1. The summed E-state index contributed by atoms with van der Waals surface area (Å²) in [7, 11) is 0. The number of amides is 1. The molecule has 1 amide bonds. The lowest BCUT2D eigenvalue weighted by atomic mass is 10.1. The maximum Gasteiger partial charge on any atom is 0.326 e. The van der Waals surface area contributed by atoms with Gasteiger partial charge in [-0.3, -0.25) is 14.4 Å². The first-order valence-corrected chi connectivity index (χ1v) is 10.9. The smallest absolute Gasteiger partial charge is 0.326 e. The molecule has 0 saturated heterocycles. The SMILES string of the molecule is CC(NC(=O)COC(=O)Cn1c2ccccc2c(=O)c2ccccc21)c1ccc2c(c1)OCO2. The summed E-state index contributed by atoms with van der Waals surface area (Å²) >= 11 is 0. The Balaban J connectivity index is 1.27. The topological polar surface area (TPSA) is 95.9 Å². The van der Waals surface area contributed by atoms with E-state index in [9.17, 15) is 14.4 Å². The highest BCUT2D eigenvalue weighted by Gasteiger charge is 2.18. The molecule has 5 rings (SSSR count). The van der Waals surface area contributed by atoms with E-state index in [1.54, 1.807) is 47.0 Å². The van der Waals surface area contributed by atoms with Gasteiger partial charge >= 0.3 is 5.97 Å². The van der Waals surface area contributed by atoms with Gasteiger partial charge in [-0.05, 0) is 48.9 Å². The van der Waals surface area contributed by atoms with Crippen molar-refractivity contribution in [2.75, 3.05) is 13.4 Å². The van der Waals surface area contributed by atoms with Gasteiger partial charge in [-0.25, -0.2) is 0 Å². The van der Waals surface area contributed by atoms with Crippen molar-refractivity contribution < 1.29 is 23.8 Å². The van der Waals surface area contributed by atoms with E-state index < -0.39 is 18.5 Å². The summed E-state index contributed by atoms with van der Waals surface area (Å²) < 4.78 is 17.7. The first-order valence-electron chi connectivity index (χ1n) is 10.9. The number of esters is 1. The first-order chi connectivity index (χ1) is 16.5. The lowest BCUT2D eigenvalue weighted by Crippen LogP contribution is -2.31. The standard InChI is InChI=1S/C26H22N2O6/c1-16(17-10-11-22-23(12-17)34-15-33-22)27-24(29)14-32-25(30)13-28-20-8-4-2-6-18(20)26(31)19-7-3-5-9-21(19)28/h2-12,16H,13-15H2,1H3,(H,27,29). The molecule has 1 aliphatic heterocycles. The molecule has 3 aromatic carbocycles. The molecule has 172 valence electrons. The largest absolute Gasteiger partial charge is 0.454 e. The van der Waals surface area contributed by atoms with Crippen LogP contribution in [-0.2, 0) is 20.9 Å². The highest BCUT2D eigenvalue weighted by atomic mass is 16.7. The molecule has 2 heterocycles. The van der Waals surface area contributed by atoms with E-state index in [1.165, 1.54) is 0 Å². The summed E-state index contributed by atoms with van der Waals surface area (Å²) in [5.41, 5.74) is 2.01. The monoisotopic (exact) mass is 458 g/mol. The predicted octanol–water partition coefficient (Wildman–Crippen LogP) is 3.30. The Morgan fingerprint density at radius 3 is 2.32 bits per heavy atom. The van der Waals surface area contributed by atoms with E-state index in [4.69, 9.17) is 14.2 Å². The number of fused-ring (bicyclic) bond motifs is 3. The molecule has 1 unspecified atom stereocenters. The molecule has 1 aliphatic rings. The zero-order valence-electron chi connectivity index (χ0n) is 18.4. The number of nitrogens with zero attached hydrogens (tertiary/aromatic N) is 1. The van der Waals surface area contributed by atoms with Gasteiger partial charge in [0.1, 0.15) is 6.54 Å². The van der Waals surface area contributed by atoms with Crippen molar-refractivity contribution in [1.82, 2.24) is 9.88 Å². The molecule has 8 nitrogen and oxygen atoms in total. The number of pyridine rings is 1. The van der Waals surface area contributed by atoms with Crippen LogP contribution in [0, 0.1) is 0 Å². The number of aromatic nitrogens is 1. The van der Waals surface area contributed by atoms with Gasteiger partial charge < -0.3 is 24.1 Å². The van der Waals surface area contributed by atoms with Crippen molar-refractivity contribution in [3.05, 3.63) is 82.5 Å². The van der Waals surface area contributed by atoms with Crippen LogP contribution in [0.4, 0.5) is 0 Å². The molecule has 0 fully saturated rings. The average Bonchev–Trinajstić information content (AvgIpc) is 3.33. The molecular weight excluding hydrogens is 436 g/mol. The fourth-order valence-electron chi connectivity index (χ4n) is 4.12. The van der Waals surface area contributed by atoms with Crippen LogP contribution in [0.25, 0.3) is 21.8 Å². The molecular formula is C26H22N2O6. The van der Waals surface area contributed by atoms with Gasteiger partial charge in [0.05, 0.1) is 17.1 Å². The highest BCUT2D eigenvalue weighted by Crippen LogP contribution is 2.34. The van der Waals surface area contributed by atoms with Crippen LogP contribution >= 0.6 is 0 Å². The van der Waals surface area contributed by atoms with Gasteiger partial charge in [0.2, 0.25) is 6.79 Å². The minimum absolute atomic E-state index is 0.0901. The van der Waals surface area contributed by atoms with Gasteiger partial charge in [0.15, 0.2) is 23.5 Å². The third-order valence-corrected chi connectivity index (χ3v) is 5.80. The Labute approximate surface area is 194 Å².